The van der Waals surface area contributed by atoms with Gasteiger partial charge < -0.3 is 31.7 Å². The van der Waals surface area contributed by atoms with Crippen LogP contribution in [0.1, 0.15) is 6.42 Å². The van der Waals surface area contributed by atoms with E-state index in [4.69, 9.17) is 10.8 Å². The molecule has 0 unspecified atom stereocenters. The van der Waals surface area contributed by atoms with Gasteiger partial charge in [-0.05, 0) is 0 Å². The number of nitrogens with two attached hydrogens (primary N) is 1. The molecule has 0 aliphatic heterocycles. The van der Waals surface area contributed by atoms with E-state index in [1.807, 2.05) is 0 Å². The highest BCUT2D eigenvalue weighted by Crippen LogP contribution is 1.91. The maximum Gasteiger partial charge on any atom is 0.326 e. The minimum atomic E-state index is -1.39. The smallest absolute Gasteiger partial charge is 0.326 e. The molecule has 0 fully saturated rings. The molecule has 0 saturated carbocycles. The number of aliphatic carboxylic acids is 1. The first-order chi connectivity index (χ1) is 9.23. The molecule has 0 aromatic rings. The number of amides is 5. The topological polar surface area (TPSA) is 154 Å². The predicted molar refractivity (Wildman–Crippen MR) is 68.9 cm³/mol. The molecule has 114 valence electrons. The summed E-state index contributed by atoms with van der Waals surface area (Å²) in [6.45, 7) is 0.284. The monoisotopic (exact) mass is 289 g/mol. The highest BCUT2D eigenvalue weighted by atomic mass is 16.4. The second-order valence-electron chi connectivity index (χ2n) is 4.09. The standard InChI is InChI=1S/C10H19N5O5/c1-15(2)10(20)13-4-3-12-9(19)14-6(8(17)18)5-7(11)16/h6H,3-5H2,1-2H3,(H2,11,16)(H,13,20)(H,17,18)(H2,12,14,19)/t6-/m0/s1. The van der Waals surface area contributed by atoms with Crippen molar-refractivity contribution in [1.29, 1.82) is 0 Å². The Morgan fingerprint density at radius 3 is 2.15 bits per heavy atom. The molecule has 0 aliphatic rings. The zero-order chi connectivity index (χ0) is 15.7. The van der Waals surface area contributed by atoms with E-state index in [2.05, 4.69) is 16.0 Å². The van der Waals surface area contributed by atoms with Crippen molar-refractivity contribution in [2.24, 2.45) is 5.73 Å². The van der Waals surface area contributed by atoms with Crippen LogP contribution < -0.4 is 21.7 Å². The lowest BCUT2D eigenvalue weighted by atomic mass is 10.2. The third-order valence-corrected chi connectivity index (χ3v) is 2.10. The van der Waals surface area contributed by atoms with Crippen LogP contribution >= 0.6 is 0 Å². The van der Waals surface area contributed by atoms with Crippen LogP contribution in [0.25, 0.3) is 0 Å². The maximum atomic E-state index is 11.4. The number of rotatable bonds is 7. The highest BCUT2D eigenvalue weighted by Gasteiger charge is 2.21. The summed E-state index contributed by atoms with van der Waals surface area (Å²) >= 11 is 0. The van der Waals surface area contributed by atoms with Gasteiger partial charge in [0.2, 0.25) is 5.91 Å². The number of carbonyl (C=O) groups excluding carboxylic acids is 3. The molecule has 0 aliphatic carbocycles. The number of urea groups is 2. The summed E-state index contributed by atoms with van der Waals surface area (Å²) in [5.41, 5.74) is 4.86. The van der Waals surface area contributed by atoms with E-state index in [1.54, 1.807) is 14.1 Å². The molecule has 0 heterocycles. The fourth-order valence-corrected chi connectivity index (χ4v) is 1.11. The molecular formula is C10H19N5O5. The van der Waals surface area contributed by atoms with Crippen LogP contribution in [-0.4, -0.2) is 67.2 Å². The first kappa shape index (κ1) is 17.5. The van der Waals surface area contributed by atoms with Gasteiger partial charge in [0.15, 0.2) is 0 Å². The molecule has 0 aromatic heterocycles. The van der Waals surface area contributed by atoms with Crippen LogP contribution in [0, 0.1) is 0 Å². The molecule has 0 aromatic carbocycles. The first-order valence-corrected chi connectivity index (χ1v) is 5.74. The van der Waals surface area contributed by atoms with Gasteiger partial charge in [-0.2, -0.15) is 0 Å². The minimum Gasteiger partial charge on any atom is -0.480 e. The number of carbonyl (C=O) groups is 4. The molecule has 10 nitrogen and oxygen atoms in total. The van der Waals surface area contributed by atoms with Gasteiger partial charge in [-0.15, -0.1) is 0 Å². The summed E-state index contributed by atoms with van der Waals surface area (Å²) in [4.78, 5) is 45.2. The van der Waals surface area contributed by atoms with Crippen molar-refractivity contribution in [3.8, 4) is 0 Å². The van der Waals surface area contributed by atoms with Crippen molar-refractivity contribution < 1.29 is 24.3 Å². The van der Waals surface area contributed by atoms with Gasteiger partial charge in [0.1, 0.15) is 6.04 Å². The zero-order valence-electron chi connectivity index (χ0n) is 11.3. The Morgan fingerprint density at radius 1 is 1.15 bits per heavy atom. The summed E-state index contributed by atoms with van der Waals surface area (Å²) in [7, 11) is 3.13. The van der Waals surface area contributed by atoms with Crippen LogP contribution in [0.3, 0.4) is 0 Å². The van der Waals surface area contributed by atoms with Crippen molar-refractivity contribution in [3.63, 3.8) is 0 Å². The van der Waals surface area contributed by atoms with Gasteiger partial charge in [-0.3, -0.25) is 4.79 Å². The van der Waals surface area contributed by atoms with Crippen LogP contribution in [-0.2, 0) is 9.59 Å². The van der Waals surface area contributed by atoms with E-state index in [0.29, 0.717) is 0 Å². The summed E-state index contributed by atoms with van der Waals surface area (Å²) < 4.78 is 0. The average molecular weight is 289 g/mol. The largest absolute Gasteiger partial charge is 0.480 e. The minimum absolute atomic E-state index is 0.105. The fraction of sp³-hybridized carbons (Fsp3) is 0.600. The second kappa shape index (κ2) is 8.56. The molecule has 20 heavy (non-hydrogen) atoms. The summed E-state index contributed by atoms with van der Waals surface area (Å²) in [6.07, 6.45) is -0.500. The lowest BCUT2D eigenvalue weighted by Crippen LogP contribution is -2.49. The van der Waals surface area contributed by atoms with Crippen molar-refractivity contribution in [1.82, 2.24) is 20.9 Å². The van der Waals surface area contributed by atoms with Gasteiger partial charge in [-0.1, -0.05) is 0 Å². The molecule has 0 saturated heterocycles. The van der Waals surface area contributed by atoms with Crippen LogP contribution in [0.2, 0.25) is 0 Å². The highest BCUT2D eigenvalue weighted by molar-refractivity contribution is 5.87. The molecular weight excluding hydrogens is 270 g/mol. The van der Waals surface area contributed by atoms with E-state index < -0.39 is 30.4 Å². The Labute approximate surface area is 115 Å². The molecule has 10 heteroatoms. The van der Waals surface area contributed by atoms with Gasteiger partial charge >= 0.3 is 18.0 Å². The SMILES string of the molecule is CN(C)C(=O)NCCNC(=O)N[C@@H](CC(N)=O)C(=O)O. The summed E-state index contributed by atoms with van der Waals surface area (Å²) in [5.74, 6) is -2.20. The number of hydrogen-bond donors (Lipinski definition) is 5. The van der Waals surface area contributed by atoms with E-state index in [0.717, 1.165) is 0 Å². The Kier molecular flexibility index (Phi) is 7.48. The van der Waals surface area contributed by atoms with Gasteiger partial charge in [0.05, 0.1) is 6.42 Å². The second-order valence-corrected chi connectivity index (χ2v) is 4.09. The Balaban J connectivity index is 4.00. The number of nitrogens with zero attached hydrogens (tertiary/aromatic N) is 1. The van der Waals surface area contributed by atoms with Crippen molar-refractivity contribution in [2.45, 2.75) is 12.5 Å². The first-order valence-electron chi connectivity index (χ1n) is 5.74. The van der Waals surface area contributed by atoms with Gasteiger partial charge in [-0.25, -0.2) is 14.4 Å². The fourth-order valence-electron chi connectivity index (χ4n) is 1.11. The number of carboxylic acids is 1. The third-order valence-electron chi connectivity index (χ3n) is 2.10. The molecule has 0 radical (unpaired) electrons. The van der Waals surface area contributed by atoms with Gasteiger partial charge in [0, 0.05) is 27.2 Å². The van der Waals surface area contributed by atoms with E-state index >= 15 is 0 Å². The molecule has 0 rings (SSSR count). The number of nitrogens with one attached hydrogen (secondary N) is 3. The third kappa shape index (κ3) is 7.74. The summed E-state index contributed by atoms with van der Waals surface area (Å²) in [6, 6.07) is -2.47. The zero-order valence-corrected chi connectivity index (χ0v) is 11.3. The Hall–Kier alpha value is -2.52. The molecule has 6 N–H and O–H groups in total. The molecule has 0 spiro atoms. The van der Waals surface area contributed by atoms with Gasteiger partial charge in [0.25, 0.3) is 0 Å². The Bertz CT molecular complexity index is 384. The maximum absolute atomic E-state index is 11.4. The average Bonchev–Trinajstić information content (AvgIpc) is 2.32. The van der Waals surface area contributed by atoms with E-state index in [1.165, 1.54) is 4.90 Å². The quantitative estimate of drug-likeness (QED) is 0.339. The molecule has 5 amide bonds. The number of hydrogen-bond acceptors (Lipinski definition) is 4. The van der Waals surface area contributed by atoms with Crippen molar-refractivity contribution in [3.05, 3.63) is 0 Å². The van der Waals surface area contributed by atoms with Crippen LogP contribution in [0.15, 0.2) is 0 Å². The molecule has 1 atom stereocenters. The molecule has 0 bridgehead atoms. The van der Waals surface area contributed by atoms with Crippen LogP contribution in [0.5, 0.6) is 0 Å². The van der Waals surface area contributed by atoms with Crippen molar-refractivity contribution in [2.75, 3.05) is 27.2 Å². The Morgan fingerprint density at radius 2 is 1.70 bits per heavy atom. The lowest BCUT2D eigenvalue weighted by molar-refractivity contribution is -0.140. The van der Waals surface area contributed by atoms with E-state index in [-0.39, 0.29) is 19.1 Å². The lowest BCUT2D eigenvalue weighted by Gasteiger charge is -2.15. The van der Waals surface area contributed by atoms with Crippen LogP contribution in [0.4, 0.5) is 9.59 Å². The van der Waals surface area contributed by atoms with Crippen molar-refractivity contribution >= 4 is 23.9 Å². The number of primary amides is 1. The van der Waals surface area contributed by atoms with E-state index in [9.17, 15) is 19.2 Å². The normalized spacial score (nSPS) is 11.1. The number of carboxylic acid groups (broad SMARTS) is 1. The predicted octanol–water partition coefficient (Wildman–Crippen LogP) is -2.11. The summed E-state index contributed by atoms with van der Waals surface area (Å²) in [5, 5.41) is 15.7.